The Morgan fingerprint density at radius 1 is 1.15 bits per heavy atom. The average Bonchev–Trinajstić information content (AvgIpc) is 3.16. The van der Waals surface area contributed by atoms with Crippen molar-refractivity contribution in [1.82, 2.24) is 20.2 Å². The van der Waals surface area contributed by atoms with Crippen molar-refractivity contribution in [2.24, 2.45) is 0 Å². The van der Waals surface area contributed by atoms with Gasteiger partial charge in [0.1, 0.15) is 12.1 Å². The first-order valence-electron chi connectivity index (χ1n) is 7.78. The maximum absolute atomic E-state index is 12.9. The van der Waals surface area contributed by atoms with Crippen LogP contribution in [-0.4, -0.2) is 39.1 Å². The van der Waals surface area contributed by atoms with E-state index in [2.05, 4.69) is 42.1 Å². The van der Waals surface area contributed by atoms with Crippen molar-refractivity contribution in [3.63, 3.8) is 0 Å². The Kier molecular flexibility index (Phi) is 5.46. The van der Waals surface area contributed by atoms with Gasteiger partial charge in [0.15, 0.2) is 0 Å². The molecule has 2 aromatic carbocycles. The maximum atomic E-state index is 12.9. The molecule has 2 N–H and O–H groups in total. The van der Waals surface area contributed by atoms with Crippen molar-refractivity contribution in [3.05, 3.63) is 52.8 Å². The highest BCUT2D eigenvalue weighted by molar-refractivity contribution is 9.10. The molecule has 0 saturated carbocycles. The molecule has 0 aliphatic carbocycles. The number of hydrogen-bond acceptors (Lipinski definition) is 6. The topological polar surface area (TPSA) is 111 Å². The number of anilines is 2. The van der Waals surface area contributed by atoms with E-state index in [-0.39, 0.29) is 11.8 Å². The molecule has 1 aromatic heterocycles. The van der Waals surface area contributed by atoms with Gasteiger partial charge >= 0.3 is 0 Å². The molecule has 0 unspecified atom stereocenters. The summed E-state index contributed by atoms with van der Waals surface area (Å²) in [5.74, 6) is -0.151. The van der Waals surface area contributed by atoms with Gasteiger partial charge in [0.2, 0.25) is 5.91 Å². The zero-order valence-corrected chi connectivity index (χ0v) is 16.0. The fraction of sp³-hybridized carbons (Fsp3) is 0.118. The first kappa shape index (κ1) is 18.5. The quantitative estimate of drug-likeness (QED) is 0.643. The molecule has 0 aliphatic heterocycles. The zero-order valence-electron chi connectivity index (χ0n) is 14.4. The molecular weight excluding hydrogens is 416 g/mol. The number of hydrogen-bond donors (Lipinski definition) is 2. The second kappa shape index (κ2) is 7.96. The molecule has 3 aromatic rings. The molecule has 1 heterocycles. The Bertz CT molecular complexity index is 990. The molecule has 3 rings (SSSR count). The molecule has 27 heavy (non-hydrogen) atoms. The highest BCUT2D eigenvalue weighted by Crippen LogP contribution is 2.29. The summed E-state index contributed by atoms with van der Waals surface area (Å²) in [6, 6.07) is 10.1. The highest BCUT2D eigenvalue weighted by atomic mass is 79.9. The third-order valence-electron chi connectivity index (χ3n) is 3.57. The lowest BCUT2D eigenvalue weighted by Gasteiger charge is -2.14. The van der Waals surface area contributed by atoms with Crippen molar-refractivity contribution in [2.75, 3.05) is 17.7 Å². The summed E-state index contributed by atoms with van der Waals surface area (Å²) in [7, 11) is 1.49. The molecule has 0 bridgehead atoms. The van der Waals surface area contributed by atoms with Gasteiger partial charge < -0.3 is 15.4 Å². The largest absolute Gasteiger partial charge is 0.495 e. The van der Waals surface area contributed by atoms with Crippen molar-refractivity contribution in [2.45, 2.75) is 6.92 Å². The maximum Gasteiger partial charge on any atom is 0.258 e. The molecule has 0 saturated heterocycles. The van der Waals surface area contributed by atoms with Gasteiger partial charge in [0, 0.05) is 17.1 Å². The number of halogens is 1. The first-order valence-corrected chi connectivity index (χ1v) is 8.57. The summed E-state index contributed by atoms with van der Waals surface area (Å²) >= 11 is 3.37. The van der Waals surface area contributed by atoms with Crippen LogP contribution in [0.4, 0.5) is 11.4 Å². The minimum atomic E-state index is -0.389. The van der Waals surface area contributed by atoms with Gasteiger partial charge in [0.05, 0.1) is 24.0 Å². The fourth-order valence-corrected chi connectivity index (χ4v) is 2.80. The number of rotatable bonds is 5. The van der Waals surface area contributed by atoms with E-state index in [1.807, 2.05) is 0 Å². The van der Waals surface area contributed by atoms with E-state index in [0.29, 0.717) is 28.4 Å². The SMILES string of the molecule is COc1ccc(NC(C)=O)cc1NC(=O)c1cc(Br)ccc1-n1cnnn1. The number of methoxy groups -OCH3 is 1. The van der Waals surface area contributed by atoms with Crippen LogP contribution >= 0.6 is 15.9 Å². The van der Waals surface area contributed by atoms with Crippen LogP contribution in [-0.2, 0) is 4.79 Å². The van der Waals surface area contributed by atoms with Gasteiger partial charge in [-0.2, -0.15) is 4.68 Å². The van der Waals surface area contributed by atoms with E-state index in [0.717, 1.165) is 4.47 Å². The van der Waals surface area contributed by atoms with Crippen molar-refractivity contribution in [1.29, 1.82) is 0 Å². The predicted octanol–water partition coefficient (Wildman–Crippen LogP) is 2.64. The smallest absolute Gasteiger partial charge is 0.258 e. The summed E-state index contributed by atoms with van der Waals surface area (Å²) < 4.78 is 7.41. The Morgan fingerprint density at radius 2 is 1.96 bits per heavy atom. The minimum absolute atomic E-state index is 0.217. The second-order valence-corrected chi connectivity index (χ2v) is 6.38. The molecule has 0 spiro atoms. The van der Waals surface area contributed by atoms with Gasteiger partial charge in [-0.25, -0.2) is 0 Å². The van der Waals surface area contributed by atoms with E-state index in [1.165, 1.54) is 25.0 Å². The van der Waals surface area contributed by atoms with Crippen LogP contribution in [0.1, 0.15) is 17.3 Å². The van der Waals surface area contributed by atoms with E-state index in [1.54, 1.807) is 36.4 Å². The Morgan fingerprint density at radius 3 is 2.63 bits per heavy atom. The van der Waals surface area contributed by atoms with Gasteiger partial charge in [-0.05, 0) is 46.8 Å². The molecule has 138 valence electrons. The molecule has 9 nitrogen and oxygen atoms in total. The third-order valence-corrected chi connectivity index (χ3v) is 4.06. The summed E-state index contributed by atoms with van der Waals surface area (Å²) in [4.78, 5) is 24.2. The Balaban J connectivity index is 1.96. The number of benzene rings is 2. The Hall–Kier alpha value is -3.27. The Labute approximate surface area is 162 Å². The van der Waals surface area contributed by atoms with Gasteiger partial charge in [-0.3, -0.25) is 9.59 Å². The molecule has 10 heteroatoms. The van der Waals surface area contributed by atoms with E-state index in [9.17, 15) is 9.59 Å². The first-order chi connectivity index (χ1) is 13.0. The molecular formula is C17H15BrN6O3. The average molecular weight is 431 g/mol. The number of tetrazole rings is 1. The monoisotopic (exact) mass is 430 g/mol. The number of nitrogens with one attached hydrogen (secondary N) is 2. The number of aromatic nitrogens is 4. The highest BCUT2D eigenvalue weighted by Gasteiger charge is 2.17. The van der Waals surface area contributed by atoms with Crippen LogP contribution in [0.25, 0.3) is 5.69 Å². The summed E-state index contributed by atoms with van der Waals surface area (Å²) in [6.07, 6.45) is 1.40. The van der Waals surface area contributed by atoms with Gasteiger partial charge in [0.25, 0.3) is 5.91 Å². The third kappa shape index (κ3) is 4.29. The van der Waals surface area contributed by atoms with E-state index in [4.69, 9.17) is 4.74 Å². The van der Waals surface area contributed by atoms with Crippen LogP contribution in [0, 0.1) is 0 Å². The summed E-state index contributed by atoms with van der Waals surface area (Å²) in [5, 5.41) is 16.5. The number of amides is 2. The lowest BCUT2D eigenvalue weighted by molar-refractivity contribution is -0.114. The second-order valence-electron chi connectivity index (χ2n) is 5.47. The lowest BCUT2D eigenvalue weighted by Crippen LogP contribution is -2.16. The van der Waals surface area contributed by atoms with Crippen LogP contribution in [0.5, 0.6) is 5.75 Å². The van der Waals surface area contributed by atoms with Crippen molar-refractivity contribution in [3.8, 4) is 11.4 Å². The molecule has 0 fully saturated rings. The number of carbonyl (C=O) groups is 2. The molecule has 0 radical (unpaired) electrons. The van der Waals surface area contributed by atoms with Crippen LogP contribution < -0.4 is 15.4 Å². The minimum Gasteiger partial charge on any atom is -0.495 e. The van der Waals surface area contributed by atoms with Crippen LogP contribution in [0.15, 0.2) is 47.2 Å². The van der Waals surface area contributed by atoms with Gasteiger partial charge in [-0.1, -0.05) is 15.9 Å². The molecule has 0 atom stereocenters. The lowest BCUT2D eigenvalue weighted by atomic mass is 10.1. The normalized spacial score (nSPS) is 10.3. The van der Waals surface area contributed by atoms with Crippen LogP contribution in [0.3, 0.4) is 0 Å². The van der Waals surface area contributed by atoms with E-state index >= 15 is 0 Å². The van der Waals surface area contributed by atoms with Gasteiger partial charge in [-0.15, -0.1) is 5.10 Å². The summed E-state index contributed by atoms with van der Waals surface area (Å²) in [5.41, 5.74) is 1.81. The van der Waals surface area contributed by atoms with Crippen molar-refractivity contribution < 1.29 is 14.3 Å². The number of nitrogens with zero attached hydrogens (tertiary/aromatic N) is 4. The molecule has 0 aliphatic rings. The zero-order chi connectivity index (χ0) is 19.4. The molecule has 2 amide bonds. The fourth-order valence-electron chi connectivity index (χ4n) is 2.44. The predicted molar refractivity (Wildman–Crippen MR) is 102 cm³/mol. The number of carbonyl (C=O) groups excluding carboxylic acids is 2. The number of ether oxygens (including phenoxy) is 1. The van der Waals surface area contributed by atoms with E-state index < -0.39 is 0 Å². The standard InChI is InChI=1S/C17H15BrN6O3/c1-10(25)20-12-4-6-16(27-2)14(8-12)21-17(26)13-7-11(18)3-5-15(13)24-9-19-22-23-24/h3-9H,1-2H3,(H,20,25)(H,21,26). The van der Waals surface area contributed by atoms with Crippen LogP contribution in [0.2, 0.25) is 0 Å². The van der Waals surface area contributed by atoms with Crippen molar-refractivity contribution >= 4 is 39.1 Å². The summed E-state index contributed by atoms with van der Waals surface area (Å²) in [6.45, 7) is 1.41.